The monoisotopic (exact) mass is 376 g/mol. The van der Waals surface area contributed by atoms with Crippen LogP contribution in [0.25, 0.3) is 0 Å². The molecule has 17 heavy (non-hydrogen) atoms. The van der Waals surface area contributed by atoms with Crippen molar-refractivity contribution in [3.8, 4) is 11.5 Å². The number of hydrogen-bond acceptors (Lipinski definition) is 2. The van der Waals surface area contributed by atoms with E-state index in [1.54, 1.807) is 48.5 Å². The van der Waals surface area contributed by atoms with Gasteiger partial charge >= 0.3 is 0 Å². The van der Waals surface area contributed by atoms with Gasteiger partial charge in [0, 0.05) is 23.9 Å². The third-order valence-electron chi connectivity index (χ3n) is 1.70. The van der Waals surface area contributed by atoms with Crippen molar-refractivity contribution in [2.24, 2.45) is 0 Å². The Hall–Kier alpha value is -0.581. The summed E-state index contributed by atoms with van der Waals surface area (Å²) in [5.41, 5.74) is 0. The molecular weight excluding hydrogens is 366 g/mol. The Morgan fingerprint density at radius 1 is 0.647 bits per heavy atom. The smallest absolute Gasteiger partial charge is 0.134 e. The van der Waals surface area contributed by atoms with Crippen molar-refractivity contribution >= 4 is 47.1 Å². The van der Waals surface area contributed by atoms with Gasteiger partial charge in [-0.05, 0) is 24.3 Å². The molecule has 0 aliphatic heterocycles. The number of phenols is 2. The molecule has 0 fully saturated rings. The maximum atomic E-state index is 8.79. The van der Waals surface area contributed by atoms with Crippen LogP contribution in [0.1, 0.15) is 0 Å². The van der Waals surface area contributed by atoms with Gasteiger partial charge in [-0.15, -0.1) is 0 Å². The minimum atomic E-state index is 0. The van der Waals surface area contributed by atoms with Gasteiger partial charge in [0.25, 0.3) is 0 Å². The standard InChI is InChI=1S/2C6H5ClO.Sn/c2*7-5-3-1-2-4-6(5)8;/h2*1-4,8H;. The summed E-state index contributed by atoms with van der Waals surface area (Å²) in [5.74, 6) is 0.267. The maximum Gasteiger partial charge on any atom is 0.134 e. The van der Waals surface area contributed by atoms with Gasteiger partial charge in [-0.2, -0.15) is 0 Å². The quantitative estimate of drug-likeness (QED) is 0.689. The van der Waals surface area contributed by atoms with Crippen LogP contribution >= 0.6 is 23.2 Å². The predicted octanol–water partition coefficient (Wildman–Crippen LogP) is 3.71. The Bertz CT molecular complexity index is 378. The number of para-hydroxylation sites is 2. The average molecular weight is 376 g/mol. The summed E-state index contributed by atoms with van der Waals surface area (Å²) in [6.07, 6.45) is 0. The second kappa shape index (κ2) is 8.50. The summed E-state index contributed by atoms with van der Waals surface area (Å²) in [6, 6.07) is 13.3. The molecule has 0 atom stereocenters. The van der Waals surface area contributed by atoms with Crippen molar-refractivity contribution in [2.45, 2.75) is 0 Å². The minimum absolute atomic E-state index is 0. The largest absolute Gasteiger partial charge is 0.506 e. The molecular formula is C12H10Cl2O2Sn. The summed E-state index contributed by atoms with van der Waals surface area (Å²) < 4.78 is 0. The zero-order valence-corrected chi connectivity index (χ0v) is 13.1. The zero-order valence-electron chi connectivity index (χ0n) is 8.77. The summed E-state index contributed by atoms with van der Waals surface area (Å²) in [6.45, 7) is 0. The Morgan fingerprint density at radius 3 is 1.12 bits per heavy atom. The van der Waals surface area contributed by atoms with Crippen LogP contribution in [0.15, 0.2) is 48.5 Å². The molecule has 88 valence electrons. The molecule has 0 saturated carbocycles. The first-order valence-corrected chi connectivity index (χ1v) is 5.24. The normalized spacial score (nSPS) is 8.59. The van der Waals surface area contributed by atoms with Gasteiger partial charge in [0.05, 0.1) is 10.0 Å². The third kappa shape index (κ3) is 6.05. The van der Waals surface area contributed by atoms with E-state index in [2.05, 4.69) is 0 Å². The first-order chi connectivity index (χ1) is 7.61. The molecule has 2 rings (SSSR count). The van der Waals surface area contributed by atoms with E-state index in [-0.39, 0.29) is 35.4 Å². The van der Waals surface area contributed by atoms with Gasteiger partial charge in [-0.25, -0.2) is 0 Å². The van der Waals surface area contributed by atoms with Crippen molar-refractivity contribution in [2.75, 3.05) is 0 Å². The van der Waals surface area contributed by atoms with Crippen molar-refractivity contribution in [1.82, 2.24) is 0 Å². The molecule has 5 heteroatoms. The van der Waals surface area contributed by atoms with Gasteiger partial charge in [0.1, 0.15) is 11.5 Å². The van der Waals surface area contributed by atoms with E-state index >= 15 is 0 Å². The third-order valence-corrected chi connectivity index (χ3v) is 2.34. The van der Waals surface area contributed by atoms with Crippen molar-refractivity contribution in [3.05, 3.63) is 58.6 Å². The fourth-order valence-corrected chi connectivity index (χ4v) is 1.17. The minimum Gasteiger partial charge on any atom is -0.506 e. The molecule has 0 aliphatic rings. The van der Waals surface area contributed by atoms with Crippen LogP contribution < -0.4 is 0 Å². The van der Waals surface area contributed by atoms with E-state index < -0.39 is 0 Å². The van der Waals surface area contributed by atoms with Crippen molar-refractivity contribution < 1.29 is 10.2 Å². The van der Waals surface area contributed by atoms with Crippen LogP contribution in [-0.4, -0.2) is 34.1 Å². The number of aromatic hydroxyl groups is 2. The first-order valence-electron chi connectivity index (χ1n) is 4.48. The van der Waals surface area contributed by atoms with Crippen LogP contribution in [0.5, 0.6) is 11.5 Å². The van der Waals surface area contributed by atoms with Gasteiger partial charge in [0.2, 0.25) is 0 Å². The van der Waals surface area contributed by atoms with E-state index in [1.165, 1.54) is 0 Å². The molecule has 0 amide bonds. The zero-order chi connectivity index (χ0) is 12.0. The number of rotatable bonds is 0. The maximum absolute atomic E-state index is 8.79. The van der Waals surface area contributed by atoms with Gasteiger partial charge < -0.3 is 10.2 Å². The fraction of sp³-hybridized carbons (Fsp3) is 0. The topological polar surface area (TPSA) is 40.5 Å². The number of phenolic OH excluding ortho intramolecular Hbond substituents is 2. The molecule has 0 aromatic heterocycles. The number of benzene rings is 2. The second-order valence-corrected chi connectivity index (χ2v) is 3.72. The fourth-order valence-electron chi connectivity index (χ4n) is 0.903. The van der Waals surface area contributed by atoms with Gasteiger partial charge in [0.15, 0.2) is 0 Å². The number of halogens is 2. The Morgan fingerprint density at radius 2 is 0.941 bits per heavy atom. The molecule has 4 radical (unpaired) electrons. The van der Waals surface area contributed by atoms with Crippen LogP contribution in [0.2, 0.25) is 10.0 Å². The van der Waals surface area contributed by atoms with Crippen molar-refractivity contribution in [3.63, 3.8) is 0 Å². The Kier molecular flexibility index (Phi) is 8.21. The summed E-state index contributed by atoms with van der Waals surface area (Å²) in [4.78, 5) is 0. The van der Waals surface area contributed by atoms with Crippen LogP contribution in [-0.2, 0) is 0 Å². The van der Waals surface area contributed by atoms with Crippen LogP contribution in [0, 0.1) is 0 Å². The molecule has 0 saturated heterocycles. The molecule has 2 aromatic rings. The Balaban J connectivity index is 0.000000284. The first kappa shape index (κ1) is 16.4. The molecule has 0 bridgehead atoms. The van der Waals surface area contributed by atoms with E-state index in [0.717, 1.165) is 0 Å². The Labute approximate surface area is 127 Å². The molecule has 2 nitrogen and oxygen atoms in total. The summed E-state index contributed by atoms with van der Waals surface area (Å²) >= 11 is 10.9. The molecule has 0 spiro atoms. The second-order valence-electron chi connectivity index (χ2n) is 2.90. The van der Waals surface area contributed by atoms with Crippen LogP contribution in [0.3, 0.4) is 0 Å². The van der Waals surface area contributed by atoms with Crippen molar-refractivity contribution in [1.29, 1.82) is 0 Å². The summed E-state index contributed by atoms with van der Waals surface area (Å²) in [7, 11) is 0. The molecule has 0 unspecified atom stereocenters. The molecule has 2 N–H and O–H groups in total. The molecule has 0 aliphatic carbocycles. The number of hydrogen-bond donors (Lipinski definition) is 2. The van der Waals surface area contributed by atoms with Crippen LogP contribution in [0.4, 0.5) is 0 Å². The van der Waals surface area contributed by atoms with E-state index in [0.29, 0.717) is 10.0 Å². The van der Waals surface area contributed by atoms with E-state index in [4.69, 9.17) is 33.4 Å². The SMILES string of the molecule is Oc1ccccc1Cl.Oc1ccccc1Cl.[Sn]. The van der Waals surface area contributed by atoms with Gasteiger partial charge in [-0.3, -0.25) is 0 Å². The summed E-state index contributed by atoms with van der Waals surface area (Å²) in [5, 5.41) is 18.4. The van der Waals surface area contributed by atoms with Gasteiger partial charge in [-0.1, -0.05) is 47.5 Å². The van der Waals surface area contributed by atoms with E-state index in [1.807, 2.05) is 0 Å². The van der Waals surface area contributed by atoms with E-state index in [9.17, 15) is 0 Å². The average Bonchev–Trinajstić information content (AvgIpc) is 2.28. The predicted molar refractivity (Wildman–Crippen MR) is 72.0 cm³/mol. The molecule has 0 heterocycles. The molecule has 2 aromatic carbocycles.